The van der Waals surface area contributed by atoms with Crippen molar-refractivity contribution in [1.29, 1.82) is 0 Å². The fraction of sp³-hybridized carbons (Fsp3) is 0.571. The van der Waals surface area contributed by atoms with Crippen molar-refractivity contribution in [2.75, 3.05) is 12.9 Å². The minimum Gasteiger partial charge on any atom is -0.469 e. The summed E-state index contributed by atoms with van der Waals surface area (Å²) in [5.41, 5.74) is 2.65. The van der Waals surface area contributed by atoms with Crippen molar-refractivity contribution in [3.8, 4) is 0 Å². The van der Waals surface area contributed by atoms with Crippen LogP contribution in [0.5, 0.6) is 0 Å². The molecule has 0 aliphatic heterocycles. The third kappa shape index (κ3) is 4.01. The summed E-state index contributed by atoms with van der Waals surface area (Å²) in [5.74, 6) is 7.48. The average molecular weight is 312 g/mol. The maximum atomic E-state index is 11.5. The van der Waals surface area contributed by atoms with Gasteiger partial charge in [0.05, 0.1) is 24.8 Å². The second-order valence-corrected chi connectivity index (χ2v) is 6.39. The van der Waals surface area contributed by atoms with Gasteiger partial charge in [-0.2, -0.15) is 11.8 Å². The highest BCUT2D eigenvalue weighted by Gasteiger charge is 2.44. The van der Waals surface area contributed by atoms with Gasteiger partial charge in [-0.3, -0.25) is 15.0 Å². The zero-order chi connectivity index (χ0) is 15.5. The van der Waals surface area contributed by atoms with Crippen LogP contribution < -0.4 is 11.3 Å². The van der Waals surface area contributed by atoms with Gasteiger partial charge in [0.1, 0.15) is 11.5 Å². The molecule has 1 amide bonds. The van der Waals surface area contributed by atoms with Crippen LogP contribution in [0.15, 0.2) is 10.5 Å². The van der Waals surface area contributed by atoms with E-state index in [1.54, 1.807) is 24.8 Å². The van der Waals surface area contributed by atoms with Crippen molar-refractivity contribution in [2.45, 2.75) is 31.9 Å². The van der Waals surface area contributed by atoms with Gasteiger partial charge in [0.2, 0.25) is 0 Å². The first-order valence-electron chi connectivity index (χ1n) is 6.74. The summed E-state index contributed by atoms with van der Waals surface area (Å²) in [6, 6.07) is 1.71. The number of aryl methyl sites for hydroxylation is 1. The summed E-state index contributed by atoms with van der Waals surface area (Å²) < 4.78 is 10.3. The lowest BCUT2D eigenvalue weighted by molar-refractivity contribution is -0.141. The number of hydrogen-bond acceptors (Lipinski definition) is 6. The van der Waals surface area contributed by atoms with E-state index < -0.39 is 0 Å². The number of furan rings is 1. The molecule has 2 rings (SSSR count). The Morgan fingerprint density at radius 1 is 1.52 bits per heavy atom. The number of rotatable bonds is 7. The van der Waals surface area contributed by atoms with Crippen LogP contribution in [-0.2, 0) is 15.3 Å². The van der Waals surface area contributed by atoms with Crippen molar-refractivity contribution >= 4 is 23.6 Å². The molecule has 0 atom stereocenters. The number of esters is 1. The van der Waals surface area contributed by atoms with Gasteiger partial charge < -0.3 is 9.15 Å². The molecule has 0 aromatic carbocycles. The molecule has 3 N–H and O–H groups in total. The minimum atomic E-state index is -0.350. The third-order valence-corrected chi connectivity index (χ3v) is 5.01. The summed E-state index contributed by atoms with van der Waals surface area (Å²) >= 11 is 1.71. The molecule has 7 heteroatoms. The van der Waals surface area contributed by atoms with Gasteiger partial charge in [0, 0.05) is 0 Å². The van der Waals surface area contributed by atoms with E-state index in [0.29, 0.717) is 23.5 Å². The quantitative estimate of drug-likeness (QED) is 0.345. The van der Waals surface area contributed by atoms with Crippen molar-refractivity contribution in [1.82, 2.24) is 5.43 Å². The fourth-order valence-electron chi connectivity index (χ4n) is 2.21. The van der Waals surface area contributed by atoms with E-state index in [2.05, 4.69) is 5.43 Å². The van der Waals surface area contributed by atoms with E-state index in [4.69, 9.17) is 15.0 Å². The molecule has 1 aliphatic rings. The first-order chi connectivity index (χ1) is 9.99. The third-order valence-electron chi connectivity index (χ3n) is 3.70. The number of thioether (sulfide) groups is 1. The van der Waals surface area contributed by atoms with E-state index in [0.717, 1.165) is 24.4 Å². The van der Waals surface area contributed by atoms with Crippen LogP contribution >= 0.6 is 11.8 Å². The topological polar surface area (TPSA) is 94.6 Å². The molecule has 0 unspecified atom stereocenters. The minimum absolute atomic E-state index is 0.0941. The zero-order valence-corrected chi connectivity index (χ0v) is 13.0. The summed E-state index contributed by atoms with van der Waals surface area (Å²) in [6.07, 6.45) is 2.61. The first kappa shape index (κ1) is 15.9. The Kier molecular flexibility index (Phi) is 4.95. The first-order valence-corrected chi connectivity index (χ1v) is 7.90. The second-order valence-electron chi connectivity index (χ2n) is 5.40. The highest BCUT2D eigenvalue weighted by Crippen LogP contribution is 2.51. The molecule has 1 fully saturated rings. The Balaban J connectivity index is 1.84. The van der Waals surface area contributed by atoms with Crippen molar-refractivity contribution < 1.29 is 18.7 Å². The molecule has 1 aromatic heterocycles. The number of nitrogens with two attached hydrogens (primary N) is 1. The molecule has 0 radical (unpaired) electrons. The van der Waals surface area contributed by atoms with E-state index in [1.165, 1.54) is 7.11 Å². The summed E-state index contributed by atoms with van der Waals surface area (Å²) in [7, 11) is 1.42. The summed E-state index contributed by atoms with van der Waals surface area (Å²) in [4.78, 5) is 22.8. The predicted molar refractivity (Wildman–Crippen MR) is 79.6 cm³/mol. The van der Waals surface area contributed by atoms with E-state index in [-0.39, 0.29) is 17.3 Å². The number of carbonyl (C=O) groups excluding carboxylic acids is 2. The van der Waals surface area contributed by atoms with Crippen LogP contribution in [0.1, 0.15) is 41.1 Å². The number of nitrogens with one attached hydrogen (secondary N) is 1. The van der Waals surface area contributed by atoms with Crippen molar-refractivity contribution in [3.05, 3.63) is 23.2 Å². The van der Waals surface area contributed by atoms with Gasteiger partial charge in [-0.25, -0.2) is 5.84 Å². The summed E-state index contributed by atoms with van der Waals surface area (Å²) in [6.45, 7) is 1.73. The van der Waals surface area contributed by atoms with Gasteiger partial charge in [-0.05, 0) is 37.0 Å². The Labute approximate surface area is 127 Å². The lowest BCUT2D eigenvalue weighted by Gasteiger charge is -2.12. The maximum absolute atomic E-state index is 11.5. The standard InChI is InChI=1S/C14H20N2O4S/c1-9-11(13(18)16-15)5-10(20-9)7-21-8-14(3-4-14)6-12(17)19-2/h5H,3-4,6-8,15H2,1-2H3,(H,16,18). The summed E-state index contributed by atoms with van der Waals surface area (Å²) in [5, 5.41) is 0. The number of nitrogen functional groups attached to an aromatic ring is 1. The van der Waals surface area contributed by atoms with Gasteiger partial charge in [-0.1, -0.05) is 0 Å². The number of amides is 1. The normalized spacial score (nSPS) is 15.6. The fourth-order valence-corrected chi connectivity index (χ4v) is 3.48. The molecule has 1 aliphatic carbocycles. The Morgan fingerprint density at radius 3 is 2.81 bits per heavy atom. The number of ether oxygens (including phenoxy) is 1. The van der Waals surface area contributed by atoms with Crippen LogP contribution in [0.25, 0.3) is 0 Å². The van der Waals surface area contributed by atoms with Gasteiger partial charge in [-0.15, -0.1) is 0 Å². The van der Waals surface area contributed by atoms with Crippen LogP contribution in [0, 0.1) is 12.3 Å². The average Bonchev–Trinajstić information content (AvgIpc) is 3.12. The lowest BCUT2D eigenvalue weighted by Crippen LogP contribution is -2.30. The van der Waals surface area contributed by atoms with Crippen LogP contribution in [0.3, 0.4) is 0 Å². The Morgan fingerprint density at radius 2 is 2.24 bits per heavy atom. The second kappa shape index (κ2) is 6.53. The van der Waals surface area contributed by atoms with Crippen molar-refractivity contribution in [3.63, 3.8) is 0 Å². The molecule has 1 aromatic rings. The van der Waals surface area contributed by atoms with Crippen molar-refractivity contribution in [2.24, 2.45) is 11.3 Å². The molecule has 1 saturated carbocycles. The Hall–Kier alpha value is -1.47. The highest BCUT2D eigenvalue weighted by molar-refractivity contribution is 7.98. The monoisotopic (exact) mass is 312 g/mol. The van der Waals surface area contributed by atoms with Crippen LogP contribution in [0.4, 0.5) is 0 Å². The molecule has 21 heavy (non-hydrogen) atoms. The highest BCUT2D eigenvalue weighted by atomic mass is 32.2. The maximum Gasteiger partial charge on any atom is 0.306 e. The Bertz CT molecular complexity index is 537. The van der Waals surface area contributed by atoms with E-state index in [1.807, 2.05) is 0 Å². The number of hydrazine groups is 1. The number of hydrogen-bond donors (Lipinski definition) is 2. The molecule has 0 saturated heterocycles. The largest absolute Gasteiger partial charge is 0.469 e. The molecule has 0 bridgehead atoms. The zero-order valence-electron chi connectivity index (χ0n) is 12.2. The van der Waals surface area contributed by atoms with Crippen LogP contribution in [-0.4, -0.2) is 24.7 Å². The molecule has 0 spiro atoms. The smallest absolute Gasteiger partial charge is 0.306 e. The van der Waals surface area contributed by atoms with E-state index in [9.17, 15) is 9.59 Å². The van der Waals surface area contributed by atoms with Gasteiger partial charge in [0.15, 0.2) is 0 Å². The SMILES string of the molecule is COC(=O)CC1(CSCc2cc(C(=O)NN)c(C)o2)CC1. The molecule has 1 heterocycles. The number of carbonyl (C=O) groups is 2. The van der Waals surface area contributed by atoms with Crippen LogP contribution in [0.2, 0.25) is 0 Å². The lowest BCUT2D eigenvalue weighted by atomic mass is 10.1. The number of methoxy groups -OCH3 is 1. The molecular weight excluding hydrogens is 292 g/mol. The van der Waals surface area contributed by atoms with Gasteiger partial charge in [0.25, 0.3) is 5.91 Å². The van der Waals surface area contributed by atoms with E-state index >= 15 is 0 Å². The molecular formula is C14H20N2O4S. The van der Waals surface area contributed by atoms with Gasteiger partial charge >= 0.3 is 5.97 Å². The molecule has 116 valence electrons. The molecule has 6 nitrogen and oxygen atoms in total. The predicted octanol–water partition coefficient (Wildman–Crippen LogP) is 1.77.